The Bertz CT molecular complexity index is 1090. The number of benzene rings is 1. The molecular weight excluding hydrogens is 408 g/mol. The molecule has 2 N–H and O–H groups in total. The molecule has 1 saturated carbocycles. The van der Waals surface area contributed by atoms with Crippen LogP contribution in [0.25, 0.3) is 0 Å². The minimum absolute atomic E-state index is 0.0526. The van der Waals surface area contributed by atoms with Crippen molar-refractivity contribution in [1.29, 1.82) is 21.2 Å². The molecule has 2 heterocycles. The molecule has 4 rings (SSSR count). The highest BCUT2D eigenvalue weighted by Crippen LogP contribution is 2.70. The highest BCUT2D eigenvalue weighted by atomic mass is 16.7. The van der Waals surface area contributed by atoms with Crippen molar-refractivity contribution in [2.75, 3.05) is 7.11 Å². The van der Waals surface area contributed by atoms with E-state index < -0.39 is 28.6 Å². The predicted octanol–water partition coefficient (Wildman–Crippen LogP) is 4.18. The summed E-state index contributed by atoms with van der Waals surface area (Å²) in [6, 6.07) is 10.8. The molecular formula is C24H26N4O4. The minimum atomic E-state index is -2.02. The van der Waals surface area contributed by atoms with Crippen LogP contribution in [0.15, 0.2) is 18.2 Å². The van der Waals surface area contributed by atoms with Crippen LogP contribution in [-0.2, 0) is 9.47 Å². The number of hydrogen-bond donors (Lipinski definition) is 2. The highest BCUT2D eigenvalue weighted by Gasteiger charge is 2.81. The van der Waals surface area contributed by atoms with E-state index in [2.05, 4.69) is 39.0 Å². The van der Waals surface area contributed by atoms with Crippen LogP contribution in [0.2, 0.25) is 0 Å². The third-order valence-corrected chi connectivity index (χ3v) is 7.64. The van der Waals surface area contributed by atoms with Crippen molar-refractivity contribution in [3.05, 3.63) is 23.8 Å². The average molecular weight is 434 g/mol. The van der Waals surface area contributed by atoms with Crippen molar-refractivity contribution in [2.24, 2.45) is 28.1 Å². The Balaban J connectivity index is 1.94. The first kappa shape index (κ1) is 21.9. The Hall–Kier alpha value is -3.28. The third kappa shape index (κ3) is 2.52. The standard InChI is InChI=1S/C24H26N4O4/c1-21(2,3)15-7-8-24-18(10-15)23(13-27,20(28)32-24)22(11-25,12-26)19(31-24)14-5-6-16(29)17(9-14)30-4/h5-6,9,15,18-19,28-29H,7-8,10H2,1-4H3. The molecule has 166 valence electrons. The summed E-state index contributed by atoms with van der Waals surface area (Å²) in [4.78, 5) is 0. The summed E-state index contributed by atoms with van der Waals surface area (Å²) in [5.41, 5.74) is -3.46. The number of aromatic hydroxyl groups is 1. The van der Waals surface area contributed by atoms with Crippen molar-refractivity contribution in [3.63, 3.8) is 0 Å². The number of ether oxygens (including phenoxy) is 3. The lowest BCUT2D eigenvalue weighted by Crippen LogP contribution is -2.61. The van der Waals surface area contributed by atoms with Gasteiger partial charge in [0.1, 0.15) is 6.10 Å². The van der Waals surface area contributed by atoms with Crippen LogP contribution in [0, 0.1) is 67.5 Å². The smallest absolute Gasteiger partial charge is 0.217 e. The molecule has 2 saturated heterocycles. The van der Waals surface area contributed by atoms with Crippen molar-refractivity contribution >= 4 is 5.90 Å². The number of nitrogens with one attached hydrogen (secondary N) is 1. The van der Waals surface area contributed by atoms with Crippen molar-refractivity contribution in [3.8, 4) is 29.7 Å². The SMILES string of the molecule is COc1cc(C2OC34CCC(C(C)(C)C)CC3C(C#N)(C(=N)O4)C2(C#N)C#N)ccc1O. The Morgan fingerprint density at radius 1 is 1.19 bits per heavy atom. The first-order valence-corrected chi connectivity index (χ1v) is 10.6. The van der Waals surface area contributed by atoms with Gasteiger partial charge in [0.15, 0.2) is 16.9 Å². The molecule has 0 radical (unpaired) electrons. The van der Waals surface area contributed by atoms with Gasteiger partial charge in [-0.15, -0.1) is 0 Å². The van der Waals surface area contributed by atoms with Crippen LogP contribution in [0.3, 0.4) is 0 Å². The lowest BCUT2D eigenvalue weighted by molar-refractivity contribution is -0.301. The molecule has 1 aliphatic carbocycles. The highest BCUT2D eigenvalue weighted by molar-refractivity contribution is 5.89. The summed E-state index contributed by atoms with van der Waals surface area (Å²) in [7, 11) is 1.39. The number of phenols is 1. The second-order valence-electron chi connectivity index (χ2n) is 10.0. The van der Waals surface area contributed by atoms with E-state index in [0.29, 0.717) is 18.4 Å². The van der Waals surface area contributed by atoms with Gasteiger partial charge >= 0.3 is 0 Å². The van der Waals surface area contributed by atoms with Gasteiger partial charge in [-0.1, -0.05) is 26.8 Å². The van der Waals surface area contributed by atoms with E-state index in [1.165, 1.54) is 25.3 Å². The van der Waals surface area contributed by atoms with Crippen LogP contribution in [-0.4, -0.2) is 23.9 Å². The van der Waals surface area contributed by atoms with E-state index in [0.717, 1.165) is 6.42 Å². The molecule has 8 nitrogen and oxygen atoms in total. The molecule has 0 spiro atoms. The quantitative estimate of drug-likeness (QED) is 0.710. The largest absolute Gasteiger partial charge is 0.504 e. The molecule has 8 heteroatoms. The fourth-order valence-corrected chi connectivity index (χ4v) is 5.78. The predicted molar refractivity (Wildman–Crippen MR) is 112 cm³/mol. The number of phenolic OH excluding ortho intramolecular Hbond substituents is 1. The lowest BCUT2D eigenvalue weighted by Gasteiger charge is -2.54. The maximum absolute atomic E-state index is 10.5. The average Bonchev–Trinajstić information content (AvgIpc) is 2.97. The molecule has 0 aromatic heterocycles. The van der Waals surface area contributed by atoms with Crippen LogP contribution in [0.4, 0.5) is 0 Å². The Kier molecular flexibility index (Phi) is 4.70. The van der Waals surface area contributed by atoms with Crippen molar-refractivity contribution < 1.29 is 19.3 Å². The lowest BCUT2D eigenvalue weighted by atomic mass is 9.49. The van der Waals surface area contributed by atoms with E-state index in [1.807, 2.05) is 0 Å². The van der Waals surface area contributed by atoms with Gasteiger partial charge in [-0.05, 0) is 41.9 Å². The summed E-state index contributed by atoms with van der Waals surface area (Å²) < 4.78 is 17.6. The molecule has 2 aliphatic heterocycles. The number of hydrogen-bond acceptors (Lipinski definition) is 8. The molecule has 3 fully saturated rings. The molecule has 5 atom stereocenters. The van der Waals surface area contributed by atoms with Crippen molar-refractivity contribution in [1.82, 2.24) is 0 Å². The van der Waals surface area contributed by atoms with E-state index in [9.17, 15) is 20.9 Å². The van der Waals surface area contributed by atoms with Crippen LogP contribution >= 0.6 is 0 Å². The second kappa shape index (κ2) is 6.86. The van der Waals surface area contributed by atoms with Gasteiger partial charge in [-0.2, -0.15) is 15.8 Å². The number of methoxy groups -OCH3 is 1. The third-order valence-electron chi connectivity index (χ3n) is 7.64. The van der Waals surface area contributed by atoms with Gasteiger partial charge in [0.05, 0.1) is 31.2 Å². The summed E-state index contributed by atoms with van der Waals surface area (Å²) in [6.07, 6.45) is 0.559. The van der Waals surface area contributed by atoms with E-state index in [4.69, 9.17) is 19.6 Å². The fraction of sp³-hybridized carbons (Fsp3) is 0.583. The second-order valence-corrected chi connectivity index (χ2v) is 10.0. The summed E-state index contributed by atoms with van der Waals surface area (Å²) >= 11 is 0. The zero-order valence-electron chi connectivity index (χ0n) is 18.6. The van der Waals surface area contributed by atoms with Gasteiger partial charge in [0.2, 0.25) is 17.1 Å². The number of nitrogens with zero attached hydrogens (tertiary/aromatic N) is 3. The van der Waals surface area contributed by atoms with Crippen LogP contribution in [0.5, 0.6) is 11.5 Å². The molecule has 1 aromatic carbocycles. The molecule has 5 unspecified atom stereocenters. The first-order valence-electron chi connectivity index (χ1n) is 10.6. The van der Waals surface area contributed by atoms with Gasteiger partial charge in [-0.25, -0.2) is 0 Å². The molecule has 1 aromatic rings. The minimum Gasteiger partial charge on any atom is -0.504 e. The molecule has 3 aliphatic rings. The monoisotopic (exact) mass is 434 g/mol. The van der Waals surface area contributed by atoms with E-state index in [-0.39, 0.29) is 28.7 Å². The fourth-order valence-electron chi connectivity index (χ4n) is 5.78. The van der Waals surface area contributed by atoms with E-state index >= 15 is 0 Å². The van der Waals surface area contributed by atoms with E-state index in [1.54, 1.807) is 0 Å². The Labute approximate surface area is 187 Å². The zero-order chi connectivity index (χ0) is 23.5. The Morgan fingerprint density at radius 2 is 1.88 bits per heavy atom. The zero-order valence-corrected chi connectivity index (χ0v) is 18.6. The number of rotatable bonds is 2. The number of nitriles is 3. The topological polar surface area (TPSA) is 143 Å². The molecule has 2 bridgehead atoms. The van der Waals surface area contributed by atoms with Gasteiger partial charge in [0, 0.05) is 6.42 Å². The van der Waals surface area contributed by atoms with Gasteiger partial charge < -0.3 is 19.3 Å². The maximum Gasteiger partial charge on any atom is 0.217 e. The van der Waals surface area contributed by atoms with Crippen molar-refractivity contribution in [2.45, 2.75) is 51.9 Å². The molecule has 32 heavy (non-hydrogen) atoms. The maximum atomic E-state index is 10.5. The summed E-state index contributed by atoms with van der Waals surface area (Å²) in [5.74, 6) is -2.00. The van der Waals surface area contributed by atoms with Crippen LogP contribution in [0.1, 0.15) is 51.7 Å². The summed E-state index contributed by atoms with van der Waals surface area (Å²) in [5, 5.41) is 49.9. The summed E-state index contributed by atoms with van der Waals surface area (Å²) in [6.45, 7) is 6.37. The Morgan fingerprint density at radius 3 is 2.44 bits per heavy atom. The van der Waals surface area contributed by atoms with Gasteiger partial charge in [0.25, 0.3) is 0 Å². The van der Waals surface area contributed by atoms with Crippen LogP contribution < -0.4 is 4.74 Å². The normalized spacial score (nSPS) is 34.9. The molecule has 0 amide bonds. The first-order chi connectivity index (χ1) is 15.0. The van der Waals surface area contributed by atoms with Gasteiger partial charge in [-0.3, -0.25) is 5.41 Å².